The molecule has 4 nitrogen and oxygen atoms in total. The Morgan fingerprint density at radius 3 is 2.42 bits per heavy atom. The third-order valence-electron chi connectivity index (χ3n) is 3.53. The minimum absolute atomic E-state index is 0.0805. The smallest absolute Gasteiger partial charge is 0.242 e. The number of nitrogens with zero attached hydrogens (tertiary/aromatic N) is 1. The van der Waals surface area contributed by atoms with Gasteiger partial charge in [0.1, 0.15) is 4.90 Å². The minimum atomic E-state index is -3.66. The van der Waals surface area contributed by atoms with Gasteiger partial charge in [-0.1, -0.05) is 41.9 Å². The van der Waals surface area contributed by atoms with E-state index in [-0.39, 0.29) is 16.5 Å². The molecule has 1 aromatic heterocycles. The summed E-state index contributed by atoms with van der Waals surface area (Å²) in [5.74, 6) is 0. The van der Waals surface area contributed by atoms with Crippen molar-refractivity contribution < 1.29 is 8.42 Å². The molecule has 0 radical (unpaired) electrons. The summed E-state index contributed by atoms with van der Waals surface area (Å²) in [4.78, 5) is 4.08. The van der Waals surface area contributed by atoms with Gasteiger partial charge in [0.2, 0.25) is 10.0 Å². The van der Waals surface area contributed by atoms with Crippen LogP contribution in [-0.4, -0.2) is 13.4 Å². The number of hydrogen-bond acceptors (Lipinski definition) is 3. The average Bonchev–Trinajstić information content (AvgIpc) is 2.61. The molecule has 24 heavy (non-hydrogen) atoms. The predicted molar refractivity (Wildman–Crippen MR) is 95.2 cm³/mol. The Hall–Kier alpha value is -2.21. The summed E-state index contributed by atoms with van der Waals surface area (Å²) in [6.07, 6.45) is 3.45. The fourth-order valence-corrected chi connectivity index (χ4v) is 3.86. The third kappa shape index (κ3) is 3.82. The maximum atomic E-state index is 12.4. The number of aromatic nitrogens is 1. The van der Waals surface area contributed by atoms with Gasteiger partial charge in [-0.25, -0.2) is 13.1 Å². The zero-order valence-corrected chi connectivity index (χ0v) is 14.3. The van der Waals surface area contributed by atoms with E-state index in [1.54, 1.807) is 30.6 Å². The van der Waals surface area contributed by atoms with E-state index in [1.807, 2.05) is 36.4 Å². The molecule has 0 saturated carbocycles. The quantitative estimate of drug-likeness (QED) is 0.753. The Morgan fingerprint density at radius 2 is 1.67 bits per heavy atom. The van der Waals surface area contributed by atoms with Crippen LogP contribution < -0.4 is 4.72 Å². The molecule has 0 spiro atoms. The summed E-state index contributed by atoms with van der Waals surface area (Å²) in [5, 5.41) is 0.204. The van der Waals surface area contributed by atoms with Crippen LogP contribution in [0.15, 0.2) is 78.0 Å². The fraction of sp³-hybridized carbons (Fsp3) is 0.0556. The maximum Gasteiger partial charge on any atom is 0.242 e. The number of benzene rings is 2. The van der Waals surface area contributed by atoms with Crippen LogP contribution >= 0.6 is 11.6 Å². The first-order chi connectivity index (χ1) is 11.6. The molecule has 0 unspecified atom stereocenters. The molecular weight excluding hydrogens is 344 g/mol. The molecular formula is C18H15ClN2O2S. The molecule has 0 bridgehead atoms. The second-order valence-electron chi connectivity index (χ2n) is 5.19. The molecule has 1 N–H and O–H groups in total. The van der Waals surface area contributed by atoms with Crippen LogP contribution in [0.1, 0.15) is 5.56 Å². The lowest BCUT2D eigenvalue weighted by Gasteiger charge is -2.09. The van der Waals surface area contributed by atoms with E-state index in [1.165, 1.54) is 6.07 Å². The van der Waals surface area contributed by atoms with Crippen molar-refractivity contribution in [1.82, 2.24) is 9.71 Å². The van der Waals surface area contributed by atoms with E-state index in [9.17, 15) is 8.42 Å². The molecule has 122 valence electrons. The van der Waals surface area contributed by atoms with Crippen molar-refractivity contribution in [3.63, 3.8) is 0 Å². The van der Waals surface area contributed by atoms with E-state index in [2.05, 4.69) is 9.71 Å². The Balaban J connectivity index is 1.79. The molecule has 0 saturated heterocycles. The molecule has 0 fully saturated rings. The largest absolute Gasteiger partial charge is 0.265 e. The summed E-state index contributed by atoms with van der Waals surface area (Å²) in [5.41, 5.74) is 2.90. The zero-order chi connectivity index (χ0) is 17.0. The van der Waals surface area contributed by atoms with Crippen molar-refractivity contribution in [2.75, 3.05) is 0 Å². The summed E-state index contributed by atoms with van der Waals surface area (Å²) in [7, 11) is -3.66. The van der Waals surface area contributed by atoms with E-state index in [0.29, 0.717) is 0 Å². The Morgan fingerprint density at radius 1 is 0.917 bits per heavy atom. The number of pyridine rings is 1. The first kappa shape index (κ1) is 16.6. The van der Waals surface area contributed by atoms with Crippen molar-refractivity contribution >= 4 is 21.6 Å². The highest BCUT2D eigenvalue weighted by atomic mass is 35.5. The van der Waals surface area contributed by atoms with Crippen molar-refractivity contribution in [2.45, 2.75) is 11.4 Å². The number of hydrogen-bond donors (Lipinski definition) is 1. The van der Waals surface area contributed by atoms with E-state index in [0.717, 1.165) is 16.7 Å². The summed E-state index contributed by atoms with van der Waals surface area (Å²) < 4.78 is 27.3. The van der Waals surface area contributed by atoms with Gasteiger partial charge >= 0.3 is 0 Å². The van der Waals surface area contributed by atoms with Gasteiger partial charge in [0.25, 0.3) is 0 Å². The molecule has 0 atom stereocenters. The first-order valence-corrected chi connectivity index (χ1v) is 9.16. The SMILES string of the molecule is O=S(=O)(NCc1cccc(-c2ccncc2)c1)c1ccccc1Cl. The lowest BCUT2D eigenvalue weighted by molar-refractivity contribution is 0.581. The molecule has 0 aliphatic carbocycles. The highest BCUT2D eigenvalue weighted by Gasteiger charge is 2.16. The molecule has 0 aliphatic rings. The first-order valence-electron chi connectivity index (χ1n) is 7.30. The van der Waals surface area contributed by atoms with Gasteiger partial charge in [-0.15, -0.1) is 0 Å². The number of halogens is 1. The summed E-state index contributed by atoms with van der Waals surface area (Å²) in [6.45, 7) is 0.187. The summed E-state index contributed by atoms with van der Waals surface area (Å²) in [6, 6.07) is 17.9. The second kappa shape index (κ2) is 7.13. The Kier molecular flexibility index (Phi) is 4.94. The van der Waals surface area contributed by atoms with Crippen LogP contribution in [0.2, 0.25) is 5.02 Å². The highest BCUT2D eigenvalue weighted by molar-refractivity contribution is 7.89. The van der Waals surface area contributed by atoms with Gasteiger partial charge in [0.05, 0.1) is 5.02 Å². The topological polar surface area (TPSA) is 59.1 Å². The van der Waals surface area contributed by atoms with Gasteiger partial charge in [-0.05, 0) is 47.0 Å². The van der Waals surface area contributed by atoms with E-state index < -0.39 is 10.0 Å². The maximum absolute atomic E-state index is 12.4. The fourth-order valence-electron chi connectivity index (χ4n) is 2.32. The molecule has 0 amide bonds. The summed E-state index contributed by atoms with van der Waals surface area (Å²) >= 11 is 5.97. The van der Waals surface area contributed by atoms with E-state index in [4.69, 9.17) is 11.6 Å². The molecule has 0 aliphatic heterocycles. The van der Waals surface area contributed by atoms with Gasteiger partial charge < -0.3 is 0 Å². The highest BCUT2D eigenvalue weighted by Crippen LogP contribution is 2.22. The van der Waals surface area contributed by atoms with Crippen LogP contribution in [0.25, 0.3) is 11.1 Å². The minimum Gasteiger partial charge on any atom is -0.265 e. The van der Waals surface area contributed by atoms with Crippen LogP contribution in [0.4, 0.5) is 0 Å². The molecule has 3 aromatic rings. The number of nitrogens with one attached hydrogen (secondary N) is 1. The van der Waals surface area contributed by atoms with Gasteiger partial charge in [-0.2, -0.15) is 0 Å². The van der Waals surface area contributed by atoms with Gasteiger partial charge in [-0.3, -0.25) is 4.98 Å². The normalized spacial score (nSPS) is 11.4. The molecule has 6 heteroatoms. The standard InChI is InChI=1S/C18H15ClN2O2S/c19-17-6-1-2-7-18(17)24(22,23)21-13-14-4-3-5-16(12-14)15-8-10-20-11-9-15/h1-12,21H,13H2. The molecule has 3 rings (SSSR count). The van der Waals surface area contributed by atoms with Crippen molar-refractivity contribution in [3.05, 3.63) is 83.6 Å². The lowest BCUT2D eigenvalue weighted by atomic mass is 10.0. The molecule has 1 heterocycles. The van der Waals surface area contributed by atoms with Crippen LogP contribution in [-0.2, 0) is 16.6 Å². The third-order valence-corrected chi connectivity index (χ3v) is 5.43. The predicted octanol–water partition coefficient (Wildman–Crippen LogP) is 3.88. The van der Waals surface area contributed by atoms with Crippen LogP contribution in [0, 0.1) is 0 Å². The second-order valence-corrected chi connectivity index (χ2v) is 7.33. The Bertz CT molecular complexity index is 944. The van der Waals surface area contributed by atoms with Crippen LogP contribution in [0.3, 0.4) is 0 Å². The number of rotatable bonds is 5. The van der Waals surface area contributed by atoms with E-state index >= 15 is 0 Å². The van der Waals surface area contributed by atoms with Gasteiger partial charge in [0, 0.05) is 18.9 Å². The van der Waals surface area contributed by atoms with Crippen molar-refractivity contribution in [1.29, 1.82) is 0 Å². The molecule has 2 aromatic carbocycles. The van der Waals surface area contributed by atoms with Crippen molar-refractivity contribution in [2.24, 2.45) is 0 Å². The lowest BCUT2D eigenvalue weighted by Crippen LogP contribution is -2.23. The Labute approximate surface area is 146 Å². The number of sulfonamides is 1. The monoisotopic (exact) mass is 358 g/mol. The van der Waals surface area contributed by atoms with Crippen molar-refractivity contribution in [3.8, 4) is 11.1 Å². The van der Waals surface area contributed by atoms with Crippen LogP contribution in [0.5, 0.6) is 0 Å². The average molecular weight is 359 g/mol. The zero-order valence-electron chi connectivity index (χ0n) is 12.7. The van der Waals surface area contributed by atoms with Gasteiger partial charge in [0.15, 0.2) is 0 Å².